The zero-order valence-electron chi connectivity index (χ0n) is 11.5. The van der Waals surface area contributed by atoms with Crippen LogP contribution >= 0.6 is 11.3 Å². The molecule has 2 N–H and O–H groups in total. The maximum atomic E-state index is 11.7. The third kappa shape index (κ3) is 4.35. The molecule has 0 aliphatic rings. The first-order valence-corrected chi connectivity index (χ1v) is 7.23. The maximum Gasteiger partial charge on any atom is 0.347 e. The summed E-state index contributed by atoms with van der Waals surface area (Å²) in [6.45, 7) is 1.91. The van der Waals surface area contributed by atoms with E-state index in [0.29, 0.717) is 23.5 Å². The van der Waals surface area contributed by atoms with Crippen LogP contribution in [0.4, 0.5) is 0 Å². The summed E-state index contributed by atoms with van der Waals surface area (Å²) in [5.74, 6) is -1.07. The smallest absolute Gasteiger partial charge is 0.347 e. The van der Waals surface area contributed by atoms with Gasteiger partial charge in [-0.25, -0.2) is 9.78 Å². The van der Waals surface area contributed by atoms with Crippen LogP contribution < -0.4 is 5.32 Å². The lowest BCUT2D eigenvalue weighted by atomic mass is 10.1. The Morgan fingerprint density at radius 2 is 2.05 bits per heavy atom. The van der Waals surface area contributed by atoms with Gasteiger partial charge in [0.2, 0.25) is 5.91 Å². The lowest BCUT2D eigenvalue weighted by Gasteiger charge is -2.03. The zero-order chi connectivity index (χ0) is 15.2. The average Bonchev–Trinajstić information content (AvgIpc) is 2.85. The van der Waals surface area contributed by atoms with E-state index >= 15 is 0 Å². The second-order valence-corrected chi connectivity index (χ2v) is 5.54. The van der Waals surface area contributed by atoms with E-state index in [1.165, 1.54) is 0 Å². The van der Waals surface area contributed by atoms with E-state index in [1.54, 1.807) is 19.3 Å². The standard InChI is InChI=1S/C14H15N3O3S/c1-9-13(14(19)20)21-12(17-9)8-16-11(18)3-2-10-4-6-15-7-5-10/h4-7H,2-3,8H2,1H3,(H,16,18)(H,19,20). The number of nitrogens with zero attached hydrogens (tertiary/aromatic N) is 2. The van der Waals surface area contributed by atoms with Crippen molar-refractivity contribution in [2.24, 2.45) is 0 Å². The first-order valence-electron chi connectivity index (χ1n) is 6.41. The fraction of sp³-hybridized carbons (Fsp3) is 0.286. The molecule has 0 saturated carbocycles. The molecule has 110 valence electrons. The number of rotatable bonds is 6. The SMILES string of the molecule is Cc1nc(CNC(=O)CCc2ccncc2)sc1C(=O)O. The van der Waals surface area contributed by atoms with Crippen LogP contribution in [0.15, 0.2) is 24.5 Å². The van der Waals surface area contributed by atoms with Gasteiger partial charge in [0.05, 0.1) is 12.2 Å². The number of carbonyl (C=O) groups is 2. The van der Waals surface area contributed by atoms with Crippen molar-refractivity contribution < 1.29 is 14.7 Å². The van der Waals surface area contributed by atoms with Gasteiger partial charge in [0, 0.05) is 18.8 Å². The van der Waals surface area contributed by atoms with Gasteiger partial charge in [0.25, 0.3) is 0 Å². The molecule has 0 atom stereocenters. The molecule has 21 heavy (non-hydrogen) atoms. The summed E-state index contributed by atoms with van der Waals surface area (Å²) in [7, 11) is 0. The second kappa shape index (κ2) is 6.94. The fourth-order valence-electron chi connectivity index (χ4n) is 1.80. The van der Waals surface area contributed by atoms with Crippen LogP contribution in [0.2, 0.25) is 0 Å². The number of aromatic carboxylic acids is 1. The molecule has 0 aliphatic heterocycles. The highest BCUT2D eigenvalue weighted by atomic mass is 32.1. The monoisotopic (exact) mass is 305 g/mol. The van der Waals surface area contributed by atoms with Gasteiger partial charge in [-0.1, -0.05) is 0 Å². The number of hydrogen-bond donors (Lipinski definition) is 2. The predicted molar refractivity (Wildman–Crippen MR) is 78.2 cm³/mol. The third-order valence-electron chi connectivity index (χ3n) is 2.86. The van der Waals surface area contributed by atoms with Crippen LogP contribution in [0.3, 0.4) is 0 Å². The number of carbonyl (C=O) groups excluding carboxylic acids is 1. The molecule has 0 saturated heterocycles. The van der Waals surface area contributed by atoms with Crippen molar-refractivity contribution in [1.29, 1.82) is 0 Å². The molecule has 1 amide bonds. The summed E-state index contributed by atoms with van der Waals surface area (Å²) in [5.41, 5.74) is 1.53. The minimum atomic E-state index is -0.986. The van der Waals surface area contributed by atoms with E-state index in [1.807, 2.05) is 12.1 Å². The van der Waals surface area contributed by atoms with Gasteiger partial charge in [-0.15, -0.1) is 11.3 Å². The van der Waals surface area contributed by atoms with E-state index in [2.05, 4.69) is 15.3 Å². The number of amides is 1. The molecule has 0 fully saturated rings. The molecule has 2 heterocycles. The summed E-state index contributed by atoms with van der Waals surface area (Å²) in [6, 6.07) is 3.74. The highest BCUT2D eigenvalue weighted by Gasteiger charge is 2.14. The van der Waals surface area contributed by atoms with Crippen LogP contribution in [0, 0.1) is 6.92 Å². The van der Waals surface area contributed by atoms with E-state index in [9.17, 15) is 9.59 Å². The van der Waals surface area contributed by atoms with Crippen LogP contribution in [0.5, 0.6) is 0 Å². The predicted octanol–water partition coefficient (Wildman–Crippen LogP) is 1.79. The topological polar surface area (TPSA) is 92.2 Å². The summed E-state index contributed by atoms with van der Waals surface area (Å²) in [5, 5.41) is 12.3. The molecule has 0 radical (unpaired) electrons. The summed E-state index contributed by atoms with van der Waals surface area (Å²) >= 11 is 1.09. The molecule has 0 spiro atoms. The average molecular weight is 305 g/mol. The molecule has 0 bridgehead atoms. The van der Waals surface area contributed by atoms with E-state index in [0.717, 1.165) is 16.9 Å². The van der Waals surface area contributed by atoms with Crippen molar-refractivity contribution >= 4 is 23.2 Å². The second-order valence-electron chi connectivity index (χ2n) is 4.46. The van der Waals surface area contributed by atoms with E-state index in [4.69, 9.17) is 5.11 Å². The minimum Gasteiger partial charge on any atom is -0.477 e. The molecule has 0 aliphatic carbocycles. The number of aryl methyl sites for hydroxylation is 2. The minimum absolute atomic E-state index is 0.0865. The van der Waals surface area contributed by atoms with Gasteiger partial charge in [-0.3, -0.25) is 9.78 Å². The van der Waals surface area contributed by atoms with Gasteiger partial charge in [0.1, 0.15) is 9.88 Å². The Balaban J connectivity index is 1.81. The summed E-state index contributed by atoms with van der Waals surface area (Å²) < 4.78 is 0. The van der Waals surface area contributed by atoms with Crippen molar-refractivity contribution in [2.45, 2.75) is 26.3 Å². The van der Waals surface area contributed by atoms with Gasteiger partial charge >= 0.3 is 5.97 Å². The molecule has 2 aromatic heterocycles. The van der Waals surface area contributed by atoms with Crippen molar-refractivity contribution in [3.63, 3.8) is 0 Å². The zero-order valence-corrected chi connectivity index (χ0v) is 12.3. The third-order valence-corrected chi connectivity index (χ3v) is 4.01. The molecule has 0 aromatic carbocycles. The van der Waals surface area contributed by atoms with Gasteiger partial charge in [-0.2, -0.15) is 0 Å². The van der Waals surface area contributed by atoms with Crippen LogP contribution in [0.1, 0.15) is 32.4 Å². The number of aromatic nitrogens is 2. The highest BCUT2D eigenvalue weighted by Crippen LogP contribution is 2.17. The number of carboxylic acids is 1. The van der Waals surface area contributed by atoms with Crippen LogP contribution in [0.25, 0.3) is 0 Å². The molecule has 7 heteroatoms. The maximum absolute atomic E-state index is 11.7. The lowest BCUT2D eigenvalue weighted by Crippen LogP contribution is -2.22. The Morgan fingerprint density at radius 1 is 1.33 bits per heavy atom. The number of carboxylic acid groups (broad SMARTS) is 1. The molecule has 6 nitrogen and oxygen atoms in total. The Kier molecular flexibility index (Phi) is 4.99. The fourth-order valence-corrected chi connectivity index (χ4v) is 2.64. The molecule has 2 aromatic rings. The molecular formula is C14H15N3O3S. The number of nitrogens with one attached hydrogen (secondary N) is 1. The molecule has 2 rings (SSSR count). The van der Waals surface area contributed by atoms with E-state index in [-0.39, 0.29) is 17.3 Å². The van der Waals surface area contributed by atoms with Crippen molar-refractivity contribution in [3.05, 3.63) is 45.7 Å². The lowest BCUT2D eigenvalue weighted by molar-refractivity contribution is -0.121. The first kappa shape index (κ1) is 15.1. The van der Waals surface area contributed by atoms with Gasteiger partial charge in [-0.05, 0) is 31.0 Å². The molecular weight excluding hydrogens is 290 g/mol. The van der Waals surface area contributed by atoms with Gasteiger partial charge in [0.15, 0.2) is 0 Å². The number of hydrogen-bond acceptors (Lipinski definition) is 5. The van der Waals surface area contributed by atoms with Crippen molar-refractivity contribution in [1.82, 2.24) is 15.3 Å². The Hall–Kier alpha value is -2.28. The first-order chi connectivity index (χ1) is 10.1. The normalized spacial score (nSPS) is 10.3. The van der Waals surface area contributed by atoms with Gasteiger partial charge < -0.3 is 10.4 Å². The quantitative estimate of drug-likeness (QED) is 0.849. The highest BCUT2D eigenvalue weighted by molar-refractivity contribution is 7.13. The Morgan fingerprint density at radius 3 is 2.67 bits per heavy atom. The molecule has 0 unspecified atom stereocenters. The largest absolute Gasteiger partial charge is 0.477 e. The number of thiazole rings is 1. The summed E-state index contributed by atoms with van der Waals surface area (Å²) in [6.07, 6.45) is 4.41. The Bertz CT molecular complexity index is 640. The summed E-state index contributed by atoms with van der Waals surface area (Å²) in [4.78, 5) is 30.9. The Labute approximate surface area is 125 Å². The van der Waals surface area contributed by atoms with Crippen molar-refractivity contribution in [2.75, 3.05) is 0 Å². The van der Waals surface area contributed by atoms with Crippen LogP contribution in [-0.4, -0.2) is 27.0 Å². The van der Waals surface area contributed by atoms with E-state index < -0.39 is 5.97 Å². The van der Waals surface area contributed by atoms with Crippen LogP contribution in [-0.2, 0) is 17.8 Å². The number of pyridine rings is 1. The van der Waals surface area contributed by atoms with Crippen molar-refractivity contribution in [3.8, 4) is 0 Å².